The molecule has 0 saturated heterocycles. The molecule has 0 aliphatic carbocycles. The number of aromatic nitrogens is 2. The molecule has 9 nitrogen and oxygen atoms in total. The molecular formula is C23H21ClN4O5S2. The number of nitrogens with zero attached hydrogens (tertiary/aromatic N) is 3. The number of halogens is 1. The van der Waals surface area contributed by atoms with Gasteiger partial charge in [-0.3, -0.25) is 10.1 Å². The van der Waals surface area contributed by atoms with Crippen LogP contribution in [0.5, 0.6) is 11.5 Å². The van der Waals surface area contributed by atoms with Gasteiger partial charge < -0.3 is 9.47 Å². The van der Waals surface area contributed by atoms with Gasteiger partial charge in [0.25, 0.3) is 5.91 Å². The Bertz CT molecular complexity index is 1430. The number of aryl methyl sites for hydroxylation is 2. The van der Waals surface area contributed by atoms with E-state index < -0.39 is 15.7 Å². The minimum atomic E-state index is -3.55. The number of nitrogens with one attached hydrogen (secondary N) is 1. The maximum atomic E-state index is 12.4. The molecular weight excluding hydrogens is 512 g/mol. The van der Waals surface area contributed by atoms with Crippen LogP contribution in [0, 0.1) is 25.2 Å². The van der Waals surface area contributed by atoms with Gasteiger partial charge in [-0.2, -0.15) is 5.26 Å². The number of carbonyl (C=O) groups is 1. The van der Waals surface area contributed by atoms with Crippen LogP contribution in [-0.2, 0) is 14.6 Å². The number of sulfone groups is 1. The van der Waals surface area contributed by atoms with Crippen molar-refractivity contribution in [3.63, 3.8) is 0 Å². The Morgan fingerprint density at radius 2 is 1.89 bits per heavy atom. The predicted molar refractivity (Wildman–Crippen MR) is 134 cm³/mol. The van der Waals surface area contributed by atoms with E-state index >= 15 is 0 Å². The molecule has 1 amide bonds. The molecule has 0 atom stereocenters. The van der Waals surface area contributed by atoms with E-state index in [2.05, 4.69) is 15.5 Å². The summed E-state index contributed by atoms with van der Waals surface area (Å²) in [5, 5.41) is 19.1. The molecule has 0 bridgehead atoms. The summed E-state index contributed by atoms with van der Waals surface area (Å²) < 4.78 is 34.1. The zero-order valence-electron chi connectivity index (χ0n) is 19.0. The first-order valence-corrected chi connectivity index (χ1v) is 13.2. The van der Waals surface area contributed by atoms with Gasteiger partial charge in [-0.05, 0) is 60.9 Å². The summed E-state index contributed by atoms with van der Waals surface area (Å²) in [6, 6.07) is 12.5. The highest BCUT2D eigenvalue weighted by Gasteiger charge is 2.17. The monoisotopic (exact) mass is 532 g/mol. The first-order chi connectivity index (χ1) is 16.6. The van der Waals surface area contributed by atoms with Crippen LogP contribution in [0.3, 0.4) is 0 Å². The molecule has 3 aromatic rings. The van der Waals surface area contributed by atoms with Crippen molar-refractivity contribution in [2.24, 2.45) is 0 Å². The van der Waals surface area contributed by atoms with Crippen LogP contribution < -0.4 is 14.8 Å². The third kappa shape index (κ3) is 7.26. The fourth-order valence-corrected chi connectivity index (χ4v) is 4.48. The fourth-order valence-electron chi connectivity index (χ4n) is 2.73. The molecule has 2 aromatic carbocycles. The highest BCUT2D eigenvalue weighted by atomic mass is 35.5. The maximum absolute atomic E-state index is 12.4. The van der Waals surface area contributed by atoms with Gasteiger partial charge in [0.05, 0.1) is 5.02 Å². The summed E-state index contributed by atoms with van der Waals surface area (Å²) in [5.74, 6) is 0.424. The first-order valence-electron chi connectivity index (χ1n) is 10.2. The van der Waals surface area contributed by atoms with Crippen molar-refractivity contribution >= 4 is 49.9 Å². The van der Waals surface area contributed by atoms with Crippen molar-refractivity contribution in [3.8, 4) is 17.6 Å². The Hall–Kier alpha value is -3.46. The molecule has 0 radical (unpaired) electrons. The predicted octanol–water partition coefficient (Wildman–Crippen LogP) is 4.22. The number of hydrogen-bond acceptors (Lipinski definition) is 9. The van der Waals surface area contributed by atoms with Crippen molar-refractivity contribution in [3.05, 3.63) is 63.7 Å². The number of amides is 1. The quantitative estimate of drug-likeness (QED) is 0.187. The van der Waals surface area contributed by atoms with Gasteiger partial charge in [0, 0.05) is 6.26 Å². The van der Waals surface area contributed by atoms with Crippen molar-refractivity contribution in [2.45, 2.75) is 18.2 Å². The molecule has 0 fully saturated rings. The summed E-state index contributed by atoms with van der Waals surface area (Å²) >= 11 is 6.98. The Morgan fingerprint density at radius 1 is 1.14 bits per heavy atom. The summed E-state index contributed by atoms with van der Waals surface area (Å²) in [6.45, 7) is 4.64. The Labute approximate surface area is 211 Å². The summed E-state index contributed by atoms with van der Waals surface area (Å²) in [4.78, 5) is 12.4. The molecule has 1 heterocycles. The van der Waals surface area contributed by atoms with Gasteiger partial charge in [-0.25, -0.2) is 8.42 Å². The molecule has 182 valence electrons. The van der Waals surface area contributed by atoms with Crippen LogP contribution in [0.2, 0.25) is 5.02 Å². The normalized spacial score (nSPS) is 11.6. The average molecular weight is 533 g/mol. The summed E-state index contributed by atoms with van der Waals surface area (Å²) in [5.41, 5.74) is 2.59. The zero-order chi connectivity index (χ0) is 25.6. The van der Waals surface area contributed by atoms with Crippen LogP contribution in [0.4, 0.5) is 5.13 Å². The minimum absolute atomic E-state index is 0.0404. The van der Waals surface area contributed by atoms with Gasteiger partial charge >= 0.3 is 0 Å². The third-order valence-electron chi connectivity index (χ3n) is 4.66. The van der Waals surface area contributed by atoms with E-state index in [-0.39, 0.29) is 21.7 Å². The molecule has 0 saturated carbocycles. The van der Waals surface area contributed by atoms with Crippen LogP contribution in [0.1, 0.15) is 16.7 Å². The number of benzene rings is 2. The maximum Gasteiger partial charge on any atom is 0.268 e. The molecule has 0 aliphatic heterocycles. The highest BCUT2D eigenvalue weighted by Crippen LogP contribution is 2.27. The largest absolute Gasteiger partial charge is 0.490 e. The smallest absolute Gasteiger partial charge is 0.268 e. The van der Waals surface area contributed by atoms with Gasteiger partial charge in [-0.1, -0.05) is 35.1 Å². The standard InChI is InChI=1S/C23H21ClN4O5S2/c1-14-4-6-18(10-15(14)2)32-8-9-33-20-7-5-16(12-19(20)24)11-17(13-25)21(29)26-22-27-28-23(34-22)35(3,30)31/h4-7,10-12H,8-9H2,1-3H3,(H,26,27,29). The topological polar surface area (TPSA) is 131 Å². The SMILES string of the molecule is Cc1ccc(OCCOc2ccc(C=C(C#N)C(=O)Nc3nnc(S(C)(=O)=O)s3)cc2Cl)cc1C. The lowest BCUT2D eigenvalue weighted by molar-refractivity contribution is -0.112. The Balaban J connectivity index is 1.60. The van der Waals surface area contributed by atoms with E-state index in [1.807, 2.05) is 32.0 Å². The van der Waals surface area contributed by atoms with E-state index in [0.29, 0.717) is 34.3 Å². The van der Waals surface area contributed by atoms with Crippen LogP contribution >= 0.6 is 22.9 Å². The van der Waals surface area contributed by atoms with Gasteiger partial charge in [-0.15, -0.1) is 10.2 Å². The van der Waals surface area contributed by atoms with Gasteiger partial charge in [0.15, 0.2) is 0 Å². The second-order valence-electron chi connectivity index (χ2n) is 7.40. The number of carbonyl (C=O) groups excluding carboxylic acids is 1. The Kier molecular flexibility index (Phi) is 8.45. The molecule has 0 aliphatic rings. The number of hydrogen-bond donors (Lipinski definition) is 1. The fraction of sp³-hybridized carbons (Fsp3) is 0.217. The summed E-state index contributed by atoms with van der Waals surface area (Å²) in [7, 11) is -3.55. The van der Waals surface area contributed by atoms with E-state index in [9.17, 15) is 18.5 Å². The van der Waals surface area contributed by atoms with Crippen molar-refractivity contribution in [1.29, 1.82) is 5.26 Å². The van der Waals surface area contributed by atoms with E-state index in [4.69, 9.17) is 21.1 Å². The minimum Gasteiger partial charge on any atom is -0.490 e. The van der Waals surface area contributed by atoms with Crippen LogP contribution in [-0.4, -0.2) is 44.0 Å². The summed E-state index contributed by atoms with van der Waals surface area (Å²) in [6.07, 6.45) is 2.32. The van der Waals surface area contributed by atoms with Gasteiger partial charge in [0.2, 0.25) is 19.3 Å². The second-order valence-corrected chi connectivity index (χ2v) is 11.0. The van der Waals surface area contributed by atoms with Crippen molar-refractivity contribution in [1.82, 2.24) is 10.2 Å². The van der Waals surface area contributed by atoms with Gasteiger partial charge in [0.1, 0.15) is 36.4 Å². The highest BCUT2D eigenvalue weighted by molar-refractivity contribution is 7.92. The van der Waals surface area contributed by atoms with Crippen molar-refractivity contribution in [2.75, 3.05) is 24.8 Å². The first kappa shape index (κ1) is 26.2. The lowest BCUT2D eigenvalue weighted by Crippen LogP contribution is -2.13. The zero-order valence-corrected chi connectivity index (χ0v) is 21.4. The van der Waals surface area contributed by atoms with E-state index in [1.54, 1.807) is 24.3 Å². The van der Waals surface area contributed by atoms with Crippen LogP contribution in [0.25, 0.3) is 6.08 Å². The third-order valence-corrected chi connectivity index (χ3v) is 7.47. The van der Waals surface area contributed by atoms with E-state index in [0.717, 1.165) is 17.6 Å². The molecule has 1 N–H and O–H groups in total. The Morgan fingerprint density at radius 3 is 2.51 bits per heavy atom. The molecule has 3 rings (SSSR count). The molecule has 0 spiro atoms. The molecule has 0 unspecified atom stereocenters. The second kappa shape index (κ2) is 11.3. The number of nitriles is 1. The van der Waals surface area contributed by atoms with Crippen LogP contribution in [0.15, 0.2) is 46.3 Å². The van der Waals surface area contributed by atoms with E-state index in [1.165, 1.54) is 11.6 Å². The lowest BCUT2D eigenvalue weighted by atomic mass is 10.1. The number of ether oxygens (including phenoxy) is 2. The average Bonchev–Trinajstić information content (AvgIpc) is 3.27. The lowest BCUT2D eigenvalue weighted by Gasteiger charge is -2.11. The molecule has 1 aromatic heterocycles. The number of rotatable bonds is 9. The molecule has 35 heavy (non-hydrogen) atoms. The van der Waals surface area contributed by atoms with Crippen molar-refractivity contribution < 1.29 is 22.7 Å². The molecule has 12 heteroatoms. The number of anilines is 1.